The predicted molar refractivity (Wildman–Crippen MR) is 58.8 cm³/mol. The zero-order valence-corrected chi connectivity index (χ0v) is 9.76. The summed E-state index contributed by atoms with van der Waals surface area (Å²) < 4.78 is 12.4. The van der Waals surface area contributed by atoms with E-state index in [-0.39, 0.29) is 18.3 Å². The molecule has 0 aliphatic carbocycles. The Morgan fingerprint density at radius 1 is 1.76 bits per heavy atom. The van der Waals surface area contributed by atoms with Gasteiger partial charge in [0.25, 0.3) is 0 Å². The molecule has 0 aromatic carbocycles. The highest BCUT2D eigenvalue weighted by Crippen LogP contribution is 2.14. The summed E-state index contributed by atoms with van der Waals surface area (Å²) >= 11 is 0. The van der Waals surface area contributed by atoms with Crippen LogP contribution in [0.5, 0.6) is 0 Å². The summed E-state index contributed by atoms with van der Waals surface area (Å²) in [5.74, 6) is -0.978. The molecule has 17 heavy (non-hydrogen) atoms. The lowest BCUT2D eigenvalue weighted by atomic mass is 10.2. The molecule has 0 bridgehead atoms. The molecule has 1 aliphatic rings. The van der Waals surface area contributed by atoms with Crippen molar-refractivity contribution in [2.24, 2.45) is 7.05 Å². The van der Waals surface area contributed by atoms with Crippen LogP contribution in [0.2, 0.25) is 0 Å². The number of ether oxygens (including phenoxy) is 2. The van der Waals surface area contributed by atoms with E-state index in [4.69, 9.17) is 14.6 Å². The number of hydrogen-bond donors (Lipinski definition) is 1. The first-order valence-corrected chi connectivity index (χ1v) is 5.62. The largest absolute Gasteiger partial charge is 0.478 e. The molecule has 6 nitrogen and oxygen atoms in total. The van der Waals surface area contributed by atoms with Gasteiger partial charge in [-0.1, -0.05) is 0 Å². The molecule has 1 saturated heterocycles. The second kappa shape index (κ2) is 5.29. The number of carbonyl (C=O) groups is 1. The van der Waals surface area contributed by atoms with E-state index in [2.05, 4.69) is 5.10 Å². The molecular weight excluding hydrogens is 224 g/mol. The summed E-state index contributed by atoms with van der Waals surface area (Å²) in [4.78, 5) is 10.9. The molecule has 0 unspecified atom stereocenters. The number of aromatic carboxylic acids is 1. The lowest BCUT2D eigenvalue weighted by molar-refractivity contribution is 0.00851. The van der Waals surface area contributed by atoms with E-state index < -0.39 is 5.97 Å². The molecule has 2 heterocycles. The van der Waals surface area contributed by atoms with Gasteiger partial charge >= 0.3 is 5.97 Å². The van der Waals surface area contributed by atoms with Crippen LogP contribution in [0.3, 0.4) is 0 Å². The van der Waals surface area contributed by atoms with Crippen LogP contribution in [-0.2, 0) is 23.1 Å². The van der Waals surface area contributed by atoms with Crippen molar-refractivity contribution < 1.29 is 19.4 Å². The summed E-state index contributed by atoms with van der Waals surface area (Å²) in [6.07, 6.45) is 3.57. The molecule has 0 spiro atoms. The minimum atomic E-state index is -0.978. The van der Waals surface area contributed by atoms with Crippen LogP contribution in [0, 0.1) is 0 Å². The summed E-state index contributed by atoms with van der Waals surface area (Å²) in [7, 11) is 1.71. The second-order valence-electron chi connectivity index (χ2n) is 4.08. The highest BCUT2D eigenvalue weighted by atomic mass is 16.5. The number of aromatic nitrogens is 2. The maximum Gasteiger partial charge on any atom is 0.339 e. The van der Waals surface area contributed by atoms with E-state index in [0.29, 0.717) is 12.3 Å². The lowest BCUT2D eigenvalue weighted by Gasteiger charge is -2.10. The fraction of sp³-hybridized carbons (Fsp3) is 0.636. The number of hydrogen-bond acceptors (Lipinski definition) is 4. The Balaban J connectivity index is 1.89. The van der Waals surface area contributed by atoms with Gasteiger partial charge < -0.3 is 14.6 Å². The number of carboxylic acid groups (broad SMARTS) is 1. The van der Waals surface area contributed by atoms with Crippen molar-refractivity contribution >= 4 is 5.97 Å². The van der Waals surface area contributed by atoms with Crippen LogP contribution in [0.1, 0.15) is 28.9 Å². The monoisotopic (exact) mass is 240 g/mol. The van der Waals surface area contributed by atoms with Gasteiger partial charge in [-0.05, 0) is 12.8 Å². The van der Waals surface area contributed by atoms with E-state index in [9.17, 15) is 4.79 Å². The van der Waals surface area contributed by atoms with Crippen molar-refractivity contribution in [1.29, 1.82) is 0 Å². The third-order valence-corrected chi connectivity index (χ3v) is 2.86. The van der Waals surface area contributed by atoms with Gasteiger partial charge in [-0.2, -0.15) is 5.10 Å². The van der Waals surface area contributed by atoms with Gasteiger partial charge in [0.2, 0.25) is 0 Å². The predicted octanol–water partition coefficient (Wildman–Crippen LogP) is 0.814. The first kappa shape index (κ1) is 12.1. The molecule has 1 N–H and O–H groups in total. The molecule has 1 aromatic heterocycles. The van der Waals surface area contributed by atoms with Crippen LogP contribution in [0.4, 0.5) is 0 Å². The molecule has 1 aliphatic heterocycles. The standard InChI is InChI=1S/C11H16N2O4/c1-13-10(9(5-12-13)11(14)15)7-16-6-8-3-2-4-17-8/h5,8H,2-4,6-7H2,1H3,(H,14,15)/t8-/m0/s1. The quantitative estimate of drug-likeness (QED) is 0.824. The summed E-state index contributed by atoms with van der Waals surface area (Å²) in [5.41, 5.74) is 0.773. The first-order chi connectivity index (χ1) is 8.18. The Hall–Kier alpha value is -1.40. The third-order valence-electron chi connectivity index (χ3n) is 2.86. The average molecular weight is 240 g/mol. The summed E-state index contributed by atoms with van der Waals surface area (Å²) in [6, 6.07) is 0. The van der Waals surface area contributed by atoms with Gasteiger partial charge in [0, 0.05) is 13.7 Å². The minimum Gasteiger partial charge on any atom is -0.478 e. The molecular formula is C11H16N2O4. The lowest BCUT2D eigenvalue weighted by Crippen LogP contribution is -2.15. The molecule has 6 heteroatoms. The molecule has 94 valence electrons. The zero-order chi connectivity index (χ0) is 12.3. The highest BCUT2D eigenvalue weighted by molar-refractivity contribution is 5.88. The van der Waals surface area contributed by atoms with Crippen molar-refractivity contribution in [3.05, 3.63) is 17.5 Å². The van der Waals surface area contributed by atoms with E-state index in [1.54, 1.807) is 7.05 Å². The molecule has 2 rings (SSSR count). The van der Waals surface area contributed by atoms with Gasteiger partial charge in [-0.15, -0.1) is 0 Å². The first-order valence-electron chi connectivity index (χ1n) is 5.62. The van der Waals surface area contributed by atoms with Crippen molar-refractivity contribution in [2.45, 2.75) is 25.6 Å². The molecule has 1 fully saturated rings. The Labute approximate surface area is 99.1 Å². The van der Waals surface area contributed by atoms with E-state index in [0.717, 1.165) is 19.4 Å². The van der Waals surface area contributed by atoms with Crippen molar-refractivity contribution in [1.82, 2.24) is 9.78 Å². The second-order valence-corrected chi connectivity index (χ2v) is 4.08. The highest BCUT2D eigenvalue weighted by Gasteiger charge is 2.18. The maximum absolute atomic E-state index is 10.9. The number of carboxylic acids is 1. The van der Waals surface area contributed by atoms with Crippen molar-refractivity contribution in [3.8, 4) is 0 Å². The van der Waals surface area contributed by atoms with Crippen LogP contribution in [-0.4, -0.2) is 40.2 Å². The van der Waals surface area contributed by atoms with Gasteiger partial charge in [0.1, 0.15) is 5.56 Å². The fourth-order valence-corrected chi connectivity index (χ4v) is 1.88. The van der Waals surface area contributed by atoms with Gasteiger partial charge in [-0.25, -0.2) is 4.79 Å². The summed E-state index contributed by atoms with van der Waals surface area (Å²) in [6.45, 7) is 1.54. The van der Waals surface area contributed by atoms with Crippen LogP contribution in [0.25, 0.3) is 0 Å². The topological polar surface area (TPSA) is 73.6 Å². The van der Waals surface area contributed by atoms with E-state index in [1.807, 2.05) is 0 Å². The Bertz CT molecular complexity index is 396. The van der Waals surface area contributed by atoms with E-state index in [1.165, 1.54) is 10.9 Å². The molecule has 0 radical (unpaired) electrons. The fourth-order valence-electron chi connectivity index (χ4n) is 1.88. The Morgan fingerprint density at radius 3 is 3.24 bits per heavy atom. The molecule has 0 amide bonds. The van der Waals surface area contributed by atoms with Crippen molar-refractivity contribution in [3.63, 3.8) is 0 Å². The molecule has 1 atom stereocenters. The third kappa shape index (κ3) is 2.83. The Kier molecular flexibility index (Phi) is 3.75. The Morgan fingerprint density at radius 2 is 2.59 bits per heavy atom. The van der Waals surface area contributed by atoms with Crippen molar-refractivity contribution in [2.75, 3.05) is 13.2 Å². The van der Waals surface area contributed by atoms with Crippen LogP contribution < -0.4 is 0 Å². The summed E-state index contributed by atoms with van der Waals surface area (Å²) in [5, 5.41) is 12.9. The minimum absolute atomic E-state index is 0.150. The van der Waals surface area contributed by atoms with Crippen LogP contribution in [0.15, 0.2) is 6.20 Å². The number of aryl methyl sites for hydroxylation is 1. The molecule has 1 aromatic rings. The number of rotatable bonds is 5. The average Bonchev–Trinajstić information content (AvgIpc) is 2.89. The normalized spacial score (nSPS) is 19.7. The van der Waals surface area contributed by atoms with Gasteiger partial charge in [-0.3, -0.25) is 4.68 Å². The zero-order valence-electron chi connectivity index (χ0n) is 9.76. The number of nitrogens with zero attached hydrogens (tertiary/aromatic N) is 2. The molecule has 0 saturated carbocycles. The van der Waals surface area contributed by atoms with Gasteiger partial charge in [0.05, 0.1) is 31.2 Å². The van der Waals surface area contributed by atoms with Crippen LogP contribution >= 0.6 is 0 Å². The smallest absolute Gasteiger partial charge is 0.339 e. The maximum atomic E-state index is 10.9. The SMILES string of the molecule is Cn1ncc(C(=O)O)c1COC[C@@H]1CCCO1. The van der Waals surface area contributed by atoms with E-state index >= 15 is 0 Å². The van der Waals surface area contributed by atoms with Gasteiger partial charge in [0.15, 0.2) is 0 Å².